The standard InChI is InChI=1S/C14H17F3N2O/c15-14(16,17)11-6-8-19(9-7-11)13(20)10-18-12-4-2-1-3-5-12/h1-5,11,18H,6-10H2. The highest BCUT2D eigenvalue weighted by atomic mass is 19.4. The van der Waals surface area contributed by atoms with Crippen LogP contribution < -0.4 is 5.32 Å². The van der Waals surface area contributed by atoms with E-state index in [1.807, 2.05) is 30.3 Å². The Kier molecular flexibility index (Phi) is 4.52. The van der Waals surface area contributed by atoms with Gasteiger partial charge in [0.1, 0.15) is 0 Å². The molecule has 0 saturated carbocycles. The summed E-state index contributed by atoms with van der Waals surface area (Å²) in [4.78, 5) is 13.4. The van der Waals surface area contributed by atoms with E-state index in [9.17, 15) is 18.0 Å². The maximum Gasteiger partial charge on any atom is 0.391 e. The minimum Gasteiger partial charge on any atom is -0.376 e. The summed E-state index contributed by atoms with van der Waals surface area (Å²) in [7, 11) is 0. The maximum absolute atomic E-state index is 12.5. The van der Waals surface area contributed by atoms with Crippen LogP contribution in [-0.4, -0.2) is 36.6 Å². The first-order chi connectivity index (χ1) is 9.47. The van der Waals surface area contributed by atoms with Gasteiger partial charge in [-0.3, -0.25) is 4.79 Å². The molecule has 0 aliphatic carbocycles. The van der Waals surface area contributed by atoms with Crippen molar-refractivity contribution in [3.8, 4) is 0 Å². The van der Waals surface area contributed by atoms with Gasteiger partial charge < -0.3 is 10.2 Å². The Morgan fingerprint density at radius 2 is 1.80 bits per heavy atom. The predicted molar refractivity (Wildman–Crippen MR) is 70.3 cm³/mol. The summed E-state index contributed by atoms with van der Waals surface area (Å²) in [5.74, 6) is -1.43. The third-order valence-corrected chi connectivity index (χ3v) is 3.53. The number of alkyl halides is 3. The number of halogens is 3. The lowest BCUT2D eigenvalue weighted by Gasteiger charge is -2.33. The van der Waals surface area contributed by atoms with Crippen LogP contribution in [0.25, 0.3) is 0 Å². The van der Waals surface area contributed by atoms with Crippen molar-refractivity contribution in [2.75, 3.05) is 25.0 Å². The monoisotopic (exact) mass is 286 g/mol. The number of likely N-dealkylation sites (tertiary alicyclic amines) is 1. The second-order valence-corrected chi connectivity index (χ2v) is 4.92. The highest BCUT2D eigenvalue weighted by Gasteiger charge is 2.41. The van der Waals surface area contributed by atoms with Crippen molar-refractivity contribution in [3.05, 3.63) is 30.3 Å². The second-order valence-electron chi connectivity index (χ2n) is 4.92. The molecule has 1 N–H and O–H groups in total. The maximum atomic E-state index is 12.5. The lowest BCUT2D eigenvalue weighted by atomic mass is 9.96. The number of nitrogens with one attached hydrogen (secondary N) is 1. The lowest BCUT2D eigenvalue weighted by Crippen LogP contribution is -2.44. The molecule has 0 bridgehead atoms. The summed E-state index contributed by atoms with van der Waals surface area (Å²) < 4.78 is 37.6. The number of hydrogen-bond donors (Lipinski definition) is 1. The molecule has 3 nitrogen and oxygen atoms in total. The topological polar surface area (TPSA) is 32.3 Å². The van der Waals surface area contributed by atoms with Gasteiger partial charge in [0.25, 0.3) is 0 Å². The van der Waals surface area contributed by atoms with E-state index in [1.54, 1.807) is 0 Å². The molecule has 0 spiro atoms. The molecular formula is C14H17F3N2O. The molecule has 0 aromatic heterocycles. The fourth-order valence-corrected chi connectivity index (χ4v) is 2.30. The van der Waals surface area contributed by atoms with Crippen LogP contribution in [-0.2, 0) is 4.79 Å². The van der Waals surface area contributed by atoms with Gasteiger partial charge in [0, 0.05) is 18.8 Å². The number of amides is 1. The van der Waals surface area contributed by atoms with Gasteiger partial charge in [0.05, 0.1) is 12.5 Å². The third kappa shape index (κ3) is 3.88. The third-order valence-electron chi connectivity index (χ3n) is 3.53. The molecule has 2 rings (SSSR count). The number of nitrogens with zero attached hydrogens (tertiary/aromatic N) is 1. The summed E-state index contributed by atoms with van der Waals surface area (Å²) in [6, 6.07) is 9.24. The Balaban J connectivity index is 1.78. The largest absolute Gasteiger partial charge is 0.391 e. The SMILES string of the molecule is O=C(CNc1ccccc1)N1CCC(C(F)(F)F)CC1. The van der Waals surface area contributed by atoms with Crippen molar-refractivity contribution in [2.24, 2.45) is 5.92 Å². The molecule has 0 unspecified atom stereocenters. The van der Waals surface area contributed by atoms with E-state index in [-0.39, 0.29) is 38.4 Å². The Hall–Kier alpha value is -1.72. The summed E-state index contributed by atoms with van der Waals surface area (Å²) in [5, 5.41) is 2.97. The van der Waals surface area contributed by atoms with Crippen LogP contribution in [0.2, 0.25) is 0 Å². The number of hydrogen-bond acceptors (Lipinski definition) is 2. The van der Waals surface area contributed by atoms with Gasteiger partial charge >= 0.3 is 6.18 Å². The zero-order chi connectivity index (χ0) is 14.6. The van der Waals surface area contributed by atoms with Gasteiger partial charge in [-0.05, 0) is 25.0 Å². The first-order valence-electron chi connectivity index (χ1n) is 6.60. The van der Waals surface area contributed by atoms with E-state index in [0.29, 0.717) is 0 Å². The molecule has 1 aliphatic heterocycles. The van der Waals surface area contributed by atoms with Gasteiger partial charge in [-0.1, -0.05) is 18.2 Å². The van der Waals surface area contributed by atoms with Gasteiger partial charge in [0.15, 0.2) is 0 Å². The fourth-order valence-electron chi connectivity index (χ4n) is 2.30. The number of benzene rings is 1. The Bertz CT molecular complexity index is 439. The van der Waals surface area contributed by atoms with E-state index >= 15 is 0 Å². The van der Waals surface area contributed by atoms with Crippen LogP contribution in [0.1, 0.15) is 12.8 Å². The van der Waals surface area contributed by atoms with Crippen molar-refractivity contribution < 1.29 is 18.0 Å². The molecule has 1 aromatic rings. The second kappa shape index (κ2) is 6.15. The first-order valence-corrected chi connectivity index (χ1v) is 6.60. The number of anilines is 1. The van der Waals surface area contributed by atoms with Crippen molar-refractivity contribution in [1.82, 2.24) is 4.90 Å². The molecule has 1 amide bonds. The molecule has 1 saturated heterocycles. The van der Waals surface area contributed by atoms with Crippen LogP contribution in [0.3, 0.4) is 0 Å². The molecule has 1 aromatic carbocycles. The number of rotatable bonds is 3. The van der Waals surface area contributed by atoms with Gasteiger partial charge in [0.2, 0.25) is 5.91 Å². The zero-order valence-electron chi connectivity index (χ0n) is 11.0. The lowest BCUT2D eigenvalue weighted by molar-refractivity contribution is -0.186. The minimum atomic E-state index is -4.14. The molecular weight excluding hydrogens is 269 g/mol. The highest BCUT2D eigenvalue weighted by Crippen LogP contribution is 2.34. The smallest absolute Gasteiger partial charge is 0.376 e. The minimum absolute atomic E-state index is 0.000572. The van der Waals surface area contributed by atoms with Crippen LogP contribution in [0, 0.1) is 5.92 Å². The molecule has 0 atom stereocenters. The predicted octanol–water partition coefficient (Wildman–Crippen LogP) is 2.90. The molecule has 20 heavy (non-hydrogen) atoms. The van der Waals surface area contributed by atoms with E-state index in [2.05, 4.69) is 5.32 Å². The number of piperidine rings is 1. The molecule has 110 valence electrons. The number of para-hydroxylation sites is 1. The normalized spacial score (nSPS) is 17.1. The van der Waals surface area contributed by atoms with Crippen molar-refractivity contribution >= 4 is 11.6 Å². The molecule has 1 fully saturated rings. The number of carbonyl (C=O) groups is 1. The molecule has 1 aliphatic rings. The van der Waals surface area contributed by atoms with E-state index < -0.39 is 12.1 Å². The van der Waals surface area contributed by atoms with E-state index in [4.69, 9.17) is 0 Å². The summed E-state index contributed by atoms with van der Waals surface area (Å²) in [6.45, 7) is 0.472. The van der Waals surface area contributed by atoms with Crippen LogP contribution in [0.5, 0.6) is 0 Å². The summed E-state index contributed by atoms with van der Waals surface area (Å²) in [5.41, 5.74) is 0.825. The average Bonchev–Trinajstić information content (AvgIpc) is 2.45. The van der Waals surface area contributed by atoms with Crippen molar-refractivity contribution in [3.63, 3.8) is 0 Å². The van der Waals surface area contributed by atoms with Crippen molar-refractivity contribution in [2.45, 2.75) is 19.0 Å². The summed E-state index contributed by atoms with van der Waals surface area (Å²) >= 11 is 0. The van der Waals surface area contributed by atoms with Gasteiger partial charge in [-0.15, -0.1) is 0 Å². The van der Waals surface area contributed by atoms with E-state index in [1.165, 1.54) is 4.90 Å². The Morgan fingerprint density at radius 3 is 2.35 bits per heavy atom. The zero-order valence-corrected chi connectivity index (χ0v) is 11.0. The van der Waals surface area contributed by atoms with Gasteiger partial charge in [-0.25, -0.2) is 0 Å². The highest BCUT2D eigenvalue weighted by molar-refractivity contribution is 5.80. The molecule has 1 heterocycles. The quantitative estimate of drug-likeness (QED) is 0.926. The van der Waals surface area contributed by atoms with Crippen LogP contribution in [0.15, 0.2) is 30.3 Å². The van der Waals surface area contributed by atoms with Gasteiger partial charge in [-0.2, -0.15) is 13.2 Å². The van der Waals surface area contributed by atoms with Crippen LogP contribution in [0.4, 0.5) is 18.9 Å². The number of carbonyl (C=O) groups excluding carboxylic acids is 1. The van der Waals surface area contributed by atoms with E-state index in [0.717, 1.165) is 5.69 Å². The molecule has 0 radical (unpaired) electrons. The van der Waals surface area contributed by atoms with Crippen molar-refractivity contribution in [1.29, 1.82) is 0 Å². The first kappa shape index (κ1) is 14.7. The summed E-state index contributed by atoms with van der Waals surface area (Å²) in [6.07, 6.45) is -4.14. The fraction of sp³-hybridized carbons (Fsp3) is 0.500. The van der Waals surface area contributed by atoms with Crippen LogP contribution >= 0.6 is 0 Å². The average molecular weight is 286 g/mol. The molecule has 6 heteroatoms. The Labute approximate surface area is 115 Å². The Morgan fingerprint density at radius 1 is 1.20 bits per heavy atom.